The van der Waals surface area contributed by atoms with Crippen LogP contribution in [0.4, 0.5) is 0 Å². The smallest absolute Gasteiger partial charge is 0.235 e. The zero-order chi connectivity index (χ0) is 17.1. The Morgan fingerprint density at radius 1 is 0.708 bits per heavy atom. The lowest BCUT2D eigenvalue weighted by Crippen LogP contribution is -2.36. The molecule has 0 unspecified atom stereocenters. The molecule has 0 atom stereocenters. The van der Waals surface area contributed by atoms with Crippen LogP contribution >= 0.6 is 0 Å². The first kappa shape index (κ1) is 16.5. The number of hydrogen-bond acceptors (Lipinski definition) is 0. The molecule has 4 heteroatoms. The summed E-state index contributed by atoms with van der Waals surface area (Å²) in [5.41, 5.74) is 2.68. The Bertz CT molecular complexity index is 740. The molecule has 2 heterocycles. The molecule has 2 aromatic heterocycles. The molecule has 0 aliphatic carbocycles. The summed E-state index contributed by atoms with van der Waals surface area (Å²) in [5, 5.41) is 0. The van der Waals surface area contributed by atoms with Crippen molar-refractivity contribution in [1.29, 1.82) is 0 Å². The molecule has 0 aliphatic rings. The summed E-state index contributed by atoms with van der Waals surface area (Å²) in [5.74, 6) is 2.60. The first-order valence-corrected chi connectivity index (χ1v) is 8.80. The third-order valence-corrected chi connectivity index (χ3v) is 4.93. The van der Waals surface area contributed by atoms with Crippen molar-refractivity contribution in [2.45, 2.75) is 53.9 Å². The molecule has 0 saturated heterocycles. The zero-order valence-electron chi connectivity index (χ0n) is 15.2. The summed E-state index contributed by atoms with van der Waals surface area (Å²) < 4.78 is 9.15. The molecule has 4 nitrogen and oxygen atoms in total. The summed E-state index contributed by atoms with van der Waals surface area (Å²) >= 11 is 0. The average molecular weight is 324 g/mol. The van der Waals surface area contributed by atoms with Gasteiger partial charge >= 0.3 is 0 Å². The normalized spacial score (nSPS) is 11.2. The minimum absolute atomic E-state index is 0.928. The van der Waals surface area contributed by atoms with Crippen molar-refractivity contribution >= 4 is 0 Å². The minimum Gasteiger partial charge on any atom is -0.235 e. The van der Waals surface area contributed by atoms with Gasteiger partial charge in [0.2, 0.25) is 0 Å². The number of rotatable bonds is 6. The molecule has 3 aromatic rings. The number of hydrogen-bond donors (Lipinski definition) is 0. The molecule has 0 saturated carbocycles. The van der Waals surface area contributed by atoms with Crippen LogP contribution in [0.15, 0.2) is 49.1 Å². The van der Waals surface area contributed by atoms with Crippen molar-refractivity contribution in [1.82, 2.24) is 9.13 Å². The summed E-state index contributed by atoms with van der Waals surface area (Å²) in [6, 6.07) is 8.99. The van der Waals surface area contributed by atoms with Gasteiger partial charge in [0, 0.05) is 13.8 Å². The predicted molar refractivity (Wildman–Crippen MR) is 94.7 cm³/mol. The van der Waals surface area contributed by atoms with E-state index in [-0.39, 0.29) is 0 Å². The van der Waals surface area contributed by atoms with Crippen LogP contribution in [0, 0.1) is 13.8 Å². The highest BCUT2D eigenvalue weighted by Crippen LogP contribution is 2.06. The third kappa shape index (κ3) is 3.28. The van der Waals surface area contributed by atoms with E-state index in [0.29, 0.717) is 0 Å². The highest BCUT2D eigenvalue weighted by atomic mass is 15.1. The second-order valence-corrected chi connectivity index (χ2v) is 6.34. The van der Waals surface area contributed by atoms with Gasteiger partial charge in [0.1, 0.15) is 37.9 Å². The van der Waals surface area contributed by atoms with Crippen molar-refractivity contribution in [3.05, 3.63) is 71.8 Å². The van der Waals surface area contributed by atoms with Gasteiger partial charge in [-0.25, -0.2) is 18.3 Å². The quantitative estimate of drug-likeness (QED) is 0.620. The summed E-state index contributed by atoms with van der Waals surface area (Å²) in [6.45, 7) is 12.6. The second kappa shape index (κ2) is 7.04. The van der Waals surface area contributed by atoms with Crippen LogP contribution in [0.25, 0.3) is 0 Å². The van der Waals surface area contributed by atoms with Crippen LogP contribution in [-0.4, -0.2) is 9.13 Å². The van der Waals surface area contributed by atoms with Gasteiger partial charge in [-0.05, 0) is 25.0 Å². The van der Waals surface area contributed by atoms with E-state index < -0.39 is 0 Å². The molecule has 0 bridgehead atoms. The van der Waals surface area contributed by atoms with Gasteiger partial charge in [-0.1, -0.05) is 24.3 Å². The van der Waals surface area contributed by atoms with Crippen molar-refractivity contribution in [3.8, 4) is 0 Å². The summed E-state index contributed by atoms with van der Waals surface area (Å²) in [7, 11) is 0. The molecule has 0 amide bonds. The van der Waals surface area contributed by atoms with E-state index in [4.69, 9.17) is 0 Å². The van der Waals surface area contributed by atoms with Crippen LogP contribution in [0.3, 0.4) is 0 Å². The largest absolute Gasteiger partial charge is 0.253 e. The molecular weight excluding hydrogens is 296 g/mol. The van der Waals surface area contributed by atoms with E-state index >= 15 is 0 Å². The van der Waals surface area contributed by atoms with E-state index in [1.165, 1.54) is 22.8 Å². The molecule has 24 heavy (non-hydrogen) atoms. The van der Waals surface area contributed by atoms with Gasteiger partial charge in [-0.3, -0.25) is 0 Å². The lowest BCUT2D eigenvalue weighted by atomic mass is 10.1. The molecule has 126 valence electrons. The lowest BCUT2D eigenvalue weighted by Gasteiger charge is -2.04. The molecule has 0 fully saturated rings. The number of aryl methyl sites for hydroxylation is 2. The molecule has 1 aromatic carbocycles. The fourth-order valence-electron chi connectivity index (χ4n) is 3.23. The Morgan fingerprint density at radius 3 is 1.38 bits per heavy atom. The molecular formula is C20H28N4+2. The van der Waals surface area contributed by atoms with Crippen molar-refractivity contribution in [3.63, 3.8) is 0 Å². The Kier molecular flexibility index (Phi) is 4.84. The van der Waals surface area contributed by atoms with Gasteiger partial charge in [0.05, 0.1) is 13.1 Å². The molecule has 3 rings (SSSR count). The summed E-state index contributed by atoms with van der Waals surface area (Å²) in [6.07, 6.45) is 8.64. The van der Waals surface area contributed by atoms with Crippen molar-refractivity contribution in [2.75, 3.05) is 0 Å². The van der Waals surface area contributed by atoms with E-state index in [1.807, 2.05) is 0 Å². The molecule has 0 N–H and O–H groups in total. The van der Waals surface area contributed by atoms with Crippen LogP contribution in [0.5, 0.6) is 0 Å². The van der Waals surface area contributed by atoms with Crippen LogP contribution in [0.1, 0.15) is 36.6 Å². The highest BCUT2D eigenvalue weighted by Gasteiger charge is 2.12. The van der Waals surface area contributed by atoms with Gasteiger partial charge in [0.25, 0.3) is 11.6 Å². The summed E-state index contributed by atoms with van der Waals surface area (Å²) in [4.78, 5) is 0. The van der Waals surface area contributed by atoms with E-state index in [9.17, 15) is 0 Å². The van der Waals surface area contributed by atoms with E-state index in [2.05, 4.69) is 95.0 Å². The fourth-order valence-corrected chi connectivity index (χ4v) is 3.23. The first-order valence-electron chi connectivity index (χ1n) is 8.80. The van der Waals surface area contributed by atoms with Crippen LogP contribution in [0.2, 0.25) is 0 Å². The number of imidazole rings is 2. The molecule has 0 aliphatic heterocycles. The SMILES string of the molecule is CCn1cc[n+](Cc2ccc(C[n+]3ccn(CC)c3C)cc2)c1C. The number of nitrogens with zero attached hydrogens (tertiary/aromatic N) is 4. The molecule has 0 radical (unpaired) electrons. The van der Waals surface area contributed by atoms with Crippen molar-refractivity contribution < 1.29 is 9.13 Å². The second-order valence-electron chi connectivity index (χ2n) is 6.34. The predicted octanol–water partition coefficient (Wildman–Crippen LogP) is 2.62. The van der Waals surface area contributed by atoms with E-state index in [0.717, 1.165) is 26.2 Å². The maximum absolute atomic E-state index is 2.30. The number of benzene rings is 1. The topological polar surface area (TPSA) is 17.6 Å². The third-order valence-electron chi connectivity index (χ3n) is 4.93. The average Bonchev–Trinajstić information content (AvgIpc) is 3.13. The maximum Gasteiger partial charge on any atom is 0.253 e. The van der Waals surface area contributed by atoms with Crippen molar-refractivity contribution in [2.24, 2.45) is 0 Å². The Labute approximate surface area is 144 Å². The number of aromatic nitrogens is 4. The lowest BCUT2D eigenvalue weighted by molar-refractivity contribution is -0.694. The Morgan fingerprint density at radius 2 is 1.08 bits per heavy atom. The maximum atomic E-state index is 2.30. The first-order chi connectivity index (χ1) is 11.6. The van der Waals surface area contributed by atoms with Crippen LogP contribution in [-0.2, 0) is 26.2 Å². The minimum atomic E-state index is 0.928. The highest BCUT2D eigenvalue weighted by molar-refractivity contribution is 5.21. The Balaban J connectivity index is 1.71. The fraction of sp³-hybridized carbons (Fsp3) is 0.400. The standard InChI is InChI=1S/C20H28N4/c1-5-21-11-13-23(17(21)3)15-19-7-9-20(10-8-19)16-24-14-12-22(6-2)18(24)4/h7-14H,5-6,15-16H2,1-4H3/q+2. The van der Waals surface area contributed by atoms with Gasteiger partial charge in [-0.15, -0.1) is 0 Å². The monoisotopic (exact) mass is 324 g/mol. The van der Waals surface area contributed by atoms with Gasteiger partial charge in [0.15, 0.2) is 0 Å². The molecule has 0 spiro atoms. The van der Waals surface area contributed by atoms with Gasteiger partial charge in [-0.2, -0.15) is 0 Å². The van der Waals surface area contributed by atoms with Gasteiger partial charge < -0.3 is 0 Å². The Hall–Kier alpha value is -2.36. The zero-order valence-corrected chi connectivity index (χ0v) is 15.2. The van der Waals surface area contributed by atoms with E-state index in [1.54, 1.807) is 0 Å². The van der Waals surface area contributed by atoms with Crippen LogP contribution < -0.4 is 9.13 Å².